The Labute approximate surface area is 146 Å². The molecule has 2 aromatic rings. The van der Waals surface area contributed by atoms with Gasteiger partial charge in [0.15, 0.2) is 0 Å². The van der Waals surface area contributed by atoms with E-state index >= 15 is 0 Å². The number of amides is 1. The first-order valence-corrected chi connectivity index (χ1v) is 7.88. The van der Waals surface area contributed by atoms with Gasteiger partial charge in [-0.3, -0.25) is 5.32 Å². The smallest absolute Gasteiger partial charge is 0.411 e. The Hall–Kier alpha value is -2.40. The number of methoxy groups -OCH3 is 2. The first-order chi connectivity index (χ1) is 11.6. The van der Waals surface area contributed by atoms with E-state index in [0.717, 1.165) is 12.0 Å². The molecule has 1 amide bonds. The average Bonchev–Trinajstić information content (AvgIpc) is 2.60. The number of nitrogens with one attached hydrogen (secondary N) is 1. The highest BCUT2D eigenvalue weighted by Crippen LogP contribution is 2.31. The zero-order chi connectivity index (χ0) is 17.5. The molecule has 0 aliphatic heterocycles. The summed E-state index contributed by atoms with van der Waals surface area (Å²) >= 11 is 6.25. The zero-order valence-electron chi connectivity index (χ0n) is 13.9. The molecule has 128 valence electrons. The maximum absolute atomic E-state index is 11.5. The van der Waals surface area contributed by atoms with Crippen molar-refractivity contribution in [3.05, 3.63) is 52.5 Å². The lowest BCUT2D eigenvalue weighted by molar-refractivity contribution is 0.187. The van der Waals surface area contributed by atoms with E-state index < -0.39 is 6.09 Å². The van der Waals surface area contributed by atoms with Gasteiger partial charge in [-0.2, -0.15) is 0 Å². The fourth-order valence-electron chi connectivity index (χ4n) is 2.22. The molecule has 0 aliphatic rings. The van der Waals surface area contributed by atoms with Crippen LogP contribution < -0.4 is 14.8 Å². The van der Waals surface area contributed by atoms with E-state index in [1.54, 1.807) is 25.3 Å². The fraction of sp³-hybridized carbons (Fsp3) is 0.278. The largest absolute Gasteiger partial charge is 0.496 e. The molecule has 0 unspecified atom stereocenters. The molecule has 6 heteroatoms. The molecule has 5 nitrogen and oxygen atoms in total. The zero-order valence-corrected chi connectivity index (χ0v) is 14.6. The lowest BCUT2D eigenvalue weighted by Crippen LogP contribution is -2.14. The number of hydrogen-bond acceptors (Lipinski definition) is 4. The molecule has 24 heavy (non-hydrogen) atoms. The number of rotatable bonds is 6. The summed E-state index contributed by atoms with van der Waals surface area (Å²) in [6.45, 7) is 2.25. The molecule has 0 fully saturated rings. The van der Waals surface area contributed by atoms with E-state index in [-0.39, 0.29) is 6.61 Å². The third-order valence-electron chi connectivity index (χ3n) is 3.55. The number of benzene rings is 2. The van der Waals surface area contributed by atoms with Crippen LogP contribution in [0.4, 0.5) is 10.5 Å². The van der Waals surface area contributed by atoms with E-state index in [9.17, 15) is 4.79 Å². The van der Waals surface area contributed by atoms with Crippen molar-refractivity contribution in [3.63, 3.8) is 0 Å². The Kier molecular flexibility index (Phi) is 6.32. The number of anilines is 1. The summed E-state index contributed by atoms with van der Waals surface area (Å²) in [7, 11) is 2.87. The third kappa shape index (κ3) is 4.32. The highest BCUT2D eigenvalue weighted by Gasteiger charge is 2.13. The van der Waals surface area contributed by atoms with Crippen molar-refractivity contribution in [2.45, 2.75) is 20.0 Å². The highest BCUT2D eigenvalue weighted by molar-refractivity contribution is 6.32. The van der Waals surface area contributed by atoms with Crippen molar-refractivity contribution in [2.24, 2.45) is 0 Å². The van der Waals surface area contributed by atoms with Crippen LogP contribution in [0.25, 0.3) is 0 Å². The molecular formula is C18H20ClNO4. The van der Waals surface area contributed by atoms with Gasteiger partial charge in [-0.15, -0.1) is 0 Å². The van der Waals surface area contributed by atoms with Crippen molar-refractivity contribution < 1.29 is 19.0 Å². The van der Waals surface area contributed by atoms with Crippen molar-refractivity contribution in [1.29, 1.82) is 0 Å². The molecule has 0 spiro atoms. The predicted octanol–water partition coefficient (Wildman–Crippen LogP) is 4.67. The maximum atomic E-state index is 11.5. The Bertz CT molecular complexity index is 718. The second-order valence-corrected chi connectivity index (χ2v) is 5.42. The van der Waals surface area contributed by atoms with Gasteiger partial charge in [0.2, 0.25) is 0 Å². The molecule has 0 heterocycles. The lowest BCUT2D eigenvalue weighted by Gasteiger charge is -2.16. The van der Waals surface area contributed by atoms with Gasteiger partial charge < -0.3 is 14.2 Å². The van der Waals surface area contributed by atoms with Crippen LogP contribution >= 0.6 is 11.6 Å². The molecule has 2 aromatic carbocycles. The monoisotopic (exact) mass is 349 g/mol. The van der Waals surface area contributed by atoms with Crippen LogP contribution in [0.1, 0.15) is 18.1 Å². The van der Waals surface area contributed by atoms with Crippen LogP contribution in [0.2, 0.25) is 5.02 Å². The van der Waals surface area contributed by atoms with Gasteiger partial charge in [-0.1, -0.05) is 30.7 Å². The lowest BCUT2D eigenvalue weighted by atomic mass is 10.1. The van der Waals surface area contributed by atoms with Gasteiger partial charge in [-0.05, 0) is 36.2 Å². The number of hydrogen-bond donors (Lipinski definition) is 1. The summed E-state index contributed by atoms with van der Waals surface area (Å²) in [5.74, 6) is 1.17. The third-order valence-corrected chi connectivity index (χ3v) is 3.85. The summed E-state index contributed by atoms with van der Waals surface area (Å²) in [5.41, 5.74) is 2.39. The summed E-state index contributed by atoms with van der Waals surface area (Å²) in [4.78, 5) is 11.5. The van der Waals surface area contributed by atoms with Crippen LogP contribution in [0.5, 0.6) is 11.5 Å². The van der Waals surface area contributed by atoms with E-state index in [4.69, 9.17) is 21.1 Å². The Morgan fingerprint density at radius 1 is 1.17 bits per heavy atom. The number of ether oxygens (including phenoxy) is 3. The van der Waals surface area contributed by atoms with Gasteiger partial charge in [0.05, 0.1) is 30.5 Å². The summed E-state index contributed by atoms with van der Waals surface area (Å²) in [5, 5.41) is 3.20. The van der Waals surface area contributed by atoms with Crippen molar-refractivity contribution in [2.75, 3.05) is 19.5 Å². The van der Waals surface area contributed by atoms with Crippen LogP contribution in [0.3, 0.4) is 0 Å². The van der Waals surface area contributed by atoms with E-state index in [1.807, 2.05) is 18.2 Å². The van der Waals surface area contributed by atoms with Crippen molar-refractivity contribution >= 4 is 23.4 Å². The molecule has 0 aliphatic carbocycles. The second-order valence-electron chi connectivity index (χ2n) is 5.01. The summed E-state index contributed by atoms with van der Waals surface area (Å²) < 4.78 is 15.8. The first kappa shape index (κ1) is 17.9. The maximum Gasteiger partial charge on any atom is 0.411 e. The summed E-state index contributed by atoms with van der Waals surface area (Å²) in [6, 6.07) is 11.0. The quantitative estimate of drug-likeness (QED) is 0.823. The highest BCUT2D eigenvalue weighted by atomic mass is 35.5. The topological polar surface area (TPSA) is 56.8 Å². The summed E-state index contributed by atoms with van der Waals surface area (Å²) in [6.07, 6.45) is 0.342. The normalized spacial score (nSPS) is 10.2. The average molecular weight is 350 g/mol. The van der Waals surface area contributed by atoms with E-state index in [2.05, 4.69) is 17.0 Å². The Morgan fingerprint density at radius 3 is 2.58 bits per heavy atom. The van der Waals surface area contributed by atoms with Gasteiger partial charge in [0.25, 0.3) is 0 Å². The van der Waals surface area contributed by atoms with Crippen molar-refractivity contribution in [1.82, 2.24) is 0 Å². The molecular weight excluding hydrogens is 330 g/mol. The molecule has 1 N–H and O–H groups in total. The number of carbonyl (C=O) groups is 1. The van der Waals surface area contributed by atoms with E-state index in [1.165, 1.54) is 7.11 Å². The number of carbonyl (C=O) groups excluding carboxylic acids is 1. The first-order valence-electron chi connectivity index (χ1n) is 7.51. The minimum Gasteiger partial charge on any atom is -0.496 e. The van der Waals surface area contributed by atoms with Gasteiger partial charge in [-0.25, -0.2) is 4.79 Å². The van der Waals surface area contributed by atoms with Crippen LogP contribution in [-0.2, 0) is 17.8 Å². The second kappa shape index (κ2) is 8.45. The molecule has 2 rings (SSSR count). The minimum absolute atomic E-state index is 0.189. The van der Waals surface area contributed by atoms with Gasteiger partial charge in [0, 0.05) is 0 Å². The Morgan fingerprint density at radius 2 is 1.96 bits per heavy atom. The van der Waals surface area contributed by atoms with Gasteiger partial charge >= 0.3 is 6.09 Å². The van der Waals surface area contributed by atoms with Crippen LogP contribution in [-0.4, -0.2) is 20.3 Å². The molecule has 0 radical (unpaired) electrons. The van der Waals surface area contributed by atoms with Gasteiger partial charge in [0.1, 0.15) is 18.1 Å². The molecule has 0 aromatic heterocycles. The van der Waals surface area contributed by atoms with Crippen molar-refractivity contribution in [3.8, 4) is 11.5 Å². The fourth-order valence-corrected chi connectivity index (χ4v) is 2.47. The molecule has 0 saturated carbocycles. The van der Waals surface area contributed by atoms with E-state index in [0.29, 0.717) is 27.8 Å². The molecule has 0 bridgehead atoms. The Balaban J connectivity index is 2.23. The number of aryl methyl sites for hydroxylation is 1. The van der Waals surface area contributed by atoms with Crippen LogP contribution in [0, 0.1) is 0 Å². The molecule has 0 saturated heterocycles. The van der Waals surface area contributed by atoms with Crippen LogP contribution in [0.15, 0.2) is 36.4 Å². The standard InChI is InChI=1S/C18H20ClNO4/c1-4-12-8-9-17(14(19)10-12)24-11-13-15(20-18(21)23-3)6-5-7-16(13)22-2/h5-10H,4,11H2,1-3H3,(H,20,21). The number of halogens is 1. The predicted molar refractivity (Wildman–Crippen MR) is 94.2 cm³/mol. The minimum atomic E-state index is -0.560. The molecule has 0 atom stereocenters. The SMILES string of the molecule is CCc1ccc(OCc2c(NC(=O)OC)cccc2OC)c(Cl)c1.